The summed E-state index contributed by atoms with van der Waals surface area (Å²) in [6, 6.07) is 13.0. The zero-order valence-electron chi connectivity index (χ0n) is 16.7. The van der Waals surface area contributed by atoms with Crippen molar-refractivity contribution in [2.45, 2.75) is 25.9 Å². The standard InChI is InChI=1S/C21H23N7O2/c1-15(29)25-16-5-4-6-17(13-16)26-20-23-14-24-21(27-20)28-11-8-18(9-12-28)30-19-7-2-3-10-22-19/h2-7,10,13-14,18H,8-9,11-12H2,1H3,(H,25,29)(H,23,24,26,27). The summed E-state index contributed by atoms with van der Waals surface area (Å²) in [5.41, 5.74) is 1.48. The van der Waals surface area contributed by atoms with Gasteiger partial charge in [0.25, 0.3) is 0 Å². The van der Waals surface area contributed by atoms with Gasteiger partial charge in [-0.2, -0.15) is 4.98 Å². The van der Waals surface area contributed by atoms with Crippen LogP contribution in [0.1, 0.15) is 19.8 Å². The predicted molar refractivity (Wildman–Crippen MR) is 114 cm³/mol. The fourth-order valence-corrected chi connectivity index (χ4v) is 3.27. The van der Waals surface area contributed by atoms with Crippen molar-refractivity contribution in [2.75, 3.05) is 28.6 Å². The van der Waals surface area contributed by atoms with E-state index in [1.807, 2.05) is 42.5 Å². The number of nitrogens with one attached hydrogen (secondary N) is 2. The molecule has 1 aromatic carbocycles. The number of piperidine rings is 1. The second-order valence-electron chi connectivity index (χ2n) is 6.97. The van der Waals surface area contributed by atoms with Crippen LogP contribution < -0.4 is 20.3 Å². The topological polar surface area (TPSA) is 105 Å². The normalized spacial score (nSPS) is 14.2. The molecular weight excluding hydrogens is 382 g/mol. The minimum Gasteiger partial charge on any atom is -0.474 e. The van der Waals surface area contributed by atoms with Crippen LogP contribution >= 0.6 is 0 Å². The van der Waals surface area contributed by atoms with Crippen LogP contribution in [0.25, 0.3) is 0 Å². The molecule has 3 heterocycles. The van der Waals surface area contributed by atoms with Gasteiger partial charge in [-0.05, 0) is 24.3 Å². The predicted octanol–water partition coefficient (Wildman–Crippen LogP) is 3.02. The SMILES string of the molecule is CC(=O)Nc1cccc(Nc2ncnc(N3CCC(Oc4ccccn4)CC3)n2)c1. The molecule has 0 saturated carbocycles. The number of pyridine rings is 1. The van der Waals surface area contributed by atoms with Crippen LogP contribution in [-0.4, -0.2) is 45.0 Å². The molecule has 1 aliphatic rings. The highest BCUT2D eigenvalue weighted by molar-refractivity contribution is 5.89. The van der Waals surface area contributed by atoms with E-state index in [-0.39, 0.29) is 12.0 Å². The molecule has 0 spiro atoms. The molecule has 0 radical (unpaired) electrons. The van der Waals surface area contributed by atoms with Crippen molar-refractivity contribution < 1.29 is 9.53 Å². The third-order valence-corrected chi connectivity index (χ3v) is 4.65. The van der Waals surface area contributed by atoms with Crippen molar-refractivity contribution in [1.82, 2.24) is 19.9 Å². The average molecular weight is 405 g/mol. The van der Waals surface area contributed by atoms with E-state index in [9.17, 15) is 4.79 Å². The van der Waals surface area contributed by atoms with Crippen LogP contribution in [0.3, 0.4) is 0 Å². The van der Waals surface area contributed by atoms with Crippen molar-refractivity contribution in [2.24, 2.45) is 0 Å². The highest BCUT2D eigenvalue weighted by atomic mass is 16.5. The number of nitrogens with zero attached hydrogens (tertiary/aromatic N) is 5. The molecule has 4 rings (SSSR count). The van der Waals surface area contributed by atoms with Crippen LogP contribution in [-0.2, 0) is 4.79 Å². The van der Waals surface area contributed by atoms with Crippen LogP contribution in [0, 0.1) is 0 Å². The number of hydrogen-bond donors (Lipinski definition) is 2. The highest BCUT2D eigenvalue weighted by Crippen LogP contribution is 2.22. The summed E-state index contributed by atoms with van der Waals surface area (Å²) in [6.45, 7) is 3.06. The second kappa shape index (κ2) is 9.17. The lowest BCUT2D eigenvalue weighted by atomic mass is 10.1. The maximum atomic E-state index is 11.2. The number of hydrogen-bond acceptors (Lipinski definition) is 8. The van der Waals surface area contributed by atoms with Gasteiger partial charge in [-0.3, -0.25) is 4.79 Å². The summed E-state index contributed by atoms with van der Waals surface area (Å²) in [5.74, 6) is 1.61. The third kappa shape index (κ3) is 5.19. The minimum atomic E-state index is -0.120. The van der Waals surface area contributed by atoms with E-state index in [4.69, 9.17) is 4.74 Å². The number of amides is 1. The van der Waals surface area contributed by atoms with E-state index < -0.39 is 0 Å². The van der Waals surface area contributed by atoms with Gasteiger partial charge >= 0.3 is 0 Å². The van der Waals surface area contributed by atoms with Gasteiger partial charge in [-0.1, -0.05) is 12.1 Å². The molecule has 0 bridgehead atoms. The van der Waals surface area contributed by atoms with E-state index in [1.165, 1.54) is 13.3 Å². The first kappa shape index (κ1) is 19.6. The lowest BCUT2D eigenvalue weighted by molar-refractivity contribution is -0.114. The first-order chi connectivity index (χ1) is 14.7. The lowest BCUT2D eigenvalue weighted by Gasteiger charge is -2.31. The number of carbonyl (C=O) groups excluding carboxylic acids is 1. The Morgan fingerprint density at radius 3 is 2.67 bits per heavy atom. The van der Waals surface area contributed by atoms with Gasteiger partial charge in [0.15, 0.2) is 0 Å². The Labute approximate surface area is 174 Å². The average Bonchev–Trinajstić information content (AvgIpc) is 2.75. The molecule has 154 valence electrons. The van der Waals surface area contributed by atoms with Crippen molar-refractivity contribution in [3.63, 3.8) is 0 Å². The van der Waals surface area contributed by atoms with Gasteiger partial charge < -0.3 is 20.3 Å². The second-order valence-corrected chi connectivity index (χ2v) is 6.97. The number of ether oxygens (including phenoxy) is 1. The monoisotopic (exact) mass is 405 g/mol. The van der Waals surface area contributed by atoms with Crippen LogP contribution in [0.15, 0.2) is 55.0 Å². The summed E-state index contributed by atoms with van der Waals surface area (Å²) < 4.78 is 5.95. The van der Waals surface area contributed by atoms with Gasteiger partial charge in [-0.25, -0.2) is 15.0 Å². The number of carbonyl (C=O) groups is 1. The molecule has 1 amide bonds. The molecule has 3 aromatic rings. The van der Waals surface area contributed by atoms with Crippen molar-refractivity contribution in [3.8, 4) is 5.88 Å². The van der Waals surface area contributed by atoms with Crippen LogP contribution in [0.5, 0.6) is 5.88 Å². The lowest BCUT2D eigenvalue weighted by Crippen LogP contribution is -2.39. The van der Waals surface area contributed by atoms with E-state index in [2.05, 4.69) is 35.5 Å². The van der Waals surface area contributed by atoms with E-state index in [0.29, 0.717) is 23.5 Å². The van der Waals surface area contributed by atoms with E-state index in [1.54, 1.807) is 6.20 Å². The van der Waals surface area contributed by atoms with E-state index in [0.717, 1.165) is 31.6 Å². The summed E-state index contributed by atoms with van der Waals surface area (Å²) in [4.78, 5) is 30.7. The molecule has 30 heavy (non-hydrogen) atoms. The maximum Gasteiger partial charge on any atom is 0.231 e. The molecule has 9 nitrogen and oxygen atoms in total. The zero-order chi connectivity index (χ0) is 20.8. The van der Waals surface area contributed by atoms with Crippen molar-refractivity contribution in [1.29, 1.82) is 0 Å². The Morgan fingerprint density at radius 2 is 1.90 bits per heavy atom. The first-order valence-electron chi connectivity index (χ1n) is 9.82. The summed E-state index contributed by atoms with van der Waals surface area (Å²) in [6.07, 6.45) is 5.09. The van der Waals surface area contributed by atoms with Gasteiger partial charge in [0.2, 0.25) is 23.7 Å². The fraction of sp³-hybridized carbons (Fsp3) is 0.286. The summed E-state index contributed by atoms with van der Waals surface area (Å²) >= 11 is 0. The number of anilines is 4. The largest absolute Gasteiger partial charge is 0.474 e. The van der Waals surface area contributed by atoms with Crippen LogP contribution in [0.4, 0.5) is 23.3 Å². The molecule has 1 fully saturated rings. The quantitative estimate of drug-likeness (QED) is 0.645. The Kier molecular flexibility index (Phi) is 5.98. The molecular formula is C21H23N7O2. The zero-order valence-corrected chi connectivity index (χ0v) is 16.7. The Morgan fingerprint density at radius 1 is 1.07 bits per heavy atom. The number of rotatable bonds is 6. The Bertz CT molecular complexity index is 991. The molecule has 0 aliphatic carbocycles. The van der Waals surface area contributed by atoms with Crippen molar-refractivity contribution >= 4 is 29.2 Å². The molecule has 1 saturated heterocycles. The molecule has 9 heteroatoms. The van der Waals surface area contributed by atoms with E-state index >= 15 is 0 Å². The Balaban J connectivity index is 1.36. The summed E-state index contributed by atoms with van der Waals surface area (Å²) in [5, 5.41) is 5.92. The van der Waals surface area contributed by atoms with Crippen LogP contribution in [0.2, 0.25) is 0 Å². The highest BCUT2D eigenvalue weighted by Gasteiger charge is 2.23. The summed E-state index contributed by atoms with van der Waals surface area (Å²) in [7, 11) is 0. The van der Waals surface area contributed by atoms with Gasteiger partial charge in [0.1, 0.15) is 12.4 Å². The minimum absolute atomic E-state index is 0.120. The smallest absolute Gasteiger partial charge is 0.231 e. The fourth-order valence-electron chi connectivity index (χ4n) is 3.27. The number of benzene rings is 1. The number of aromatic nitrogens is 4. The third-order valence-electron chi connectivity index (χ3n) is 4.65. The van der Waals surface area contributed by atoms with Gasteiger partial charge in [-0.15, -0.1) is 0 Å². The molecule has 1 aliphatic heterocycles. The molecule has 0 unspecified atom stereocenters. The maximum absolute atomic E-state index is 11.2. The molecule has 2 N–H and O–H groups in total. The molecule has 0 atom stereocenters. The first-order valence-corrected chi connectivity index (χ1v) is 9.82. The van der Waals surface area contributed by atoms with Gasteiger partial charge in [0.05, 0.1) is 0 Å². The van der Waals surface area contributed by atoms with Gasteiger partial charge in [0, 0.05) is 56.5 Å². The van der Waals surface area contributed by atoms with Crippen molar-refractivity contribution in [3.05, 3.63) is 55.0 Å². The Hall–Kier alpha value is -3.75. The molecule has 2 aromatic heterocycles.